The Morgan fingerprint density at radius 3 is 2.50 bits per heavy atom. The maximum Gasteiger partial charge on any atom is 0.243 e. The second-order valence-electron chi connectivity index (χ2n) is 4.91. The van der Waals surface area contributed by atoms with Crippen LogP contribution in [0.4, 0.5) is 0 Å². The highest BCUT2D eigenvalue weighted by molar-refractivity contribution is 7.89. The fourth-order valence-electron chi connectivity index (χ4n) is 2.04. The van der Waals surface area contributed by atoms with Crippen molar-refractivity contribution in [3.63, 3.8) is 0 Å². The van der Waals surface area contributed by atoms with Crippen LogP contribution in [0, 0.1) is 6.92 Å². The molecule has 0 aliphatic rings. The molecule has 0 atom stereocenters. The van der Waals surface area contributed by atoms with Crippen LogP contribution in [0.5, 0.6) is 0 Å². The minimum absolute atomic E-state index is 0.149. The predicted molar refractivity (Wildman–Crippen MR) is 79.8 cm³/mol. The largest absolute Gasteiger partial charge is 0.396 e. The zero-order valence-corrected chi connectivity index (χ0v) is 13.0. The Balaban J connectivity index is 2.82. The van der Waals surface area contributed by atoms with E-state index in [1.54, 1.807) is 26.1 Å². The lowest BCUT2D eigenvalue weighted by Crippen LogP contribution is -2.28. The van der Waals surface area contributed by atoms with Crippen LogP contribution < -0.4 is 5.73 Å². The van der Waals surface area contributed by atoms with Crippen LogP contribution in [0.1, 0.15) is 30.4 Å². The molecule has 0 radical (unpaired) electrons. The molecule has 0 bridgehead atoms. The molecule has 1 rings (SSSR count). The third kappa shape index (κ3) is 4.28. The van der Waals surface area contributed by atoms with E-state index in [9.17, 15) is 8.42 Å². The highest BCUT2D eigenvalue weighted by atomic mass is 32.2. The van der Waals surface area contributed by atoms with Gasteiger partial charge in [-0.3, -0.25) is 0 Å². The zero-order chi connectivity index (χ0) is 15.2. The van der Waals surface area contributed by atoms with Gasteiger partial charge in [0, 0.05) is 26.7 Å². The standard InChI is InChI=1S/C14H24N2O3S/c1-12-10-13(11-15)6-7-14(12)20(18,19)16(2)8-4-3-5-9-17/h6-7,10,17H,3-5,8-9,11,15H2,1-2H3. The van der Waals surface area contributed by atoms with Crippen molar-refractivity contribution in [1.82, 2.24) is 4.31 Å². The number of rotatable bonds is 8. The number of unbranched alkanes of at least 4 members (excludes halogenated alkanes) is 2. The summed E-state index contributed by atoms with van der Waals surface area (Å²) < 4.78 is 26.3. The van der Waals surface area contributed by atoms with Crippen molar-refractivity contribution < 1.29 is 13.5 Å². The molecule has 0 aliphatic carbocycles. The molecule has 0 saturated heterocycles. The molecule has 0 amide bonds. The molecule has 0 saturated carbocycles. The van der Waals surface area contributed by atoms with Gasteiger partial charge in [-0.25, -0.2) is 12.7 Å². The van der Waals surface area contributed by atoms with Gasteiger partial charge in [-0.2, -0.15) is 0 Å². The van der Waals surface area contributed by atoms with E-state index < -0.39 is 10.0 Å². The molecule has 0 spiro atoms. The monoisotopic (exact) mass is 300 g/mol. The average molecular weight is 300 g/mol. The molecule has 5 nitrogen and oxygen atoms in total. The smallest absolute Gasteiger partial charge is 0.243 e. The summed E-state index contributed by atoms with van der Waals surface area (Å²) in [5.74, 6) is 0. The number of hydrogen-bond acceptors (Lipinski definition) is 4. The van der Waals surface area contributed by atoms with E-state index in [0.29, 0.717) is 24.4 Å². The van der Waals surface area contributed by atoms with Gasteiger partial charge < -0.3 is 10.8 Å². The quantitative estimate of drug-likeness (QED) is 0.707. The first-order valence-corrected chi connectivity index (χ1v) is 8.24. The van der Waals surface area contributed by atoms with Gasteiger partial charge in [0.1, 0.15) is 0 Å². The van der Waals surface area contributed by atoms with Gasteiger partial charge in [0.05, 0.1) is 4.90 Å². The van der Waals surface area contributed by atoms with Crippen molar-refractivity contribution in [2.24, 2.45) is 5.73 Å². The minimum Gasteiger partial charge on any atom is -0.396 e. The van der Waals surface area contributed by atoms with Gasteiger partial charge >= 0.3 is 0 Å². The number of aryl methyl sites for hydroxylation is 1. The molecule has 1 aromatic rings. The van der Waals surface area contributed by atoms with Gasteiger partial charge in [0.25, 0.3) is 0 Å². The first kappa shape index (κ1) is 17.1. The van der Waals surface area contributed by atoms with Crippen molar-refractivity contribution in [2.45, 2.75) is 37.6 Å². The first-order valence-electron chi connectivity index (χ1n) is 6.80. The lowest BCUT2D eigenvalue weighted by atomic mass is 10.1. The van der Waals surface area contributed by atoms with Crippen molar-refractivity contribution >= 4 is 10.0 Å². The van der Waals surface area contributed by atoms with Gasteiger partial charge in [0.2, 0.25) is 10.0 Å². The molecular formula is C14H24N2O3S. The molecule has 6 heteroatoms. The Labute approximate surface area is 121 Å². The Hall–Kier alpha value is -0.950. The molecule has 20 heavy (non-hydrogen) atoms. The highest BCUT2D eigenvalue weighted by Crippen LogP contribution is 2.20. The molecule has 114 valence electrons. The first-order chi connectivity index (χ1) is 9.43. The Bertz CT molecular complexity index is 529. The van der Waals surface area contributed by atoms with Crippen molar-refractivity contribution in [3.05, 3.63) is 29.3 Å². The van der Waals surface area contributed by atoms with Gasteiger partial charge in [-0.05, 0) is 43.4 Å². The van der Waals surface area contributed by atoms with Crippen LogP contribution in [0.2, 0.25) is 0 Å². The minimum atomic E-state index is -3.45. The molecular weight excluding hydrogens is 276 g/mol. The van der Waals surface area contributed by atoms with Crippen LogP contribution >= 0.6 is 0 Å². The third-order valence-corrected chi connectivity index (χ3v) is 5.31. The van der Waals surface area contributed by atoms with Crippen molar-refractivity contribution in [3.8, 4) is 0 Å². The van der Waals surface area contributed by atoms with Gasteiger partial charge in [0.15, 0.2) is 0 Å². The van der Waals surface area contributed by atoms with E-state index in [-0.39, 0.29) is 6.61 Å². The molecule has 3 N–H and O–H groups in total. The third-order valence-electron chi connectivity index (χ3n) is 3.29. The number of nitrogens with zero attached hydrogens (tertiary/aromatic N) is 1. The molecule has 0 aromatic heterocycles. The highest BCUT2D eigenvalue weighted by Gasteiger charge is 2.22. The predicted octanol–water partition coefficient (Wildman–Crippen LogP) is 1.24. The van der Waals surface area contributed by atoms with Gasteiger partial charge in [-0.1, -0.05) is 12.1 Å². The van der Waals surface area contributed by atoms with E-state index in [1.165, 1.54) is 4.31 Å². The number of aliphatic hydroxyl groups is 1. The van der Waals surface area contributed by atoms with E-state index >= 15 is 0 Å². The maximum absolute atomic E-state index is 12.5. The lowest BCUT2D eigenvalue weighted by Gasteiger charge is -2.18. The summed E-state index contributed by atoms with van der Waals surface area (Å²) in [6.45, 7) is 2.79. The Kier molecular flexibility index (Phi) is 6.61. The average Bonchev–Trinajstić information content (AvgIpc) is 2.42. The second kappa shape index (κ2) is 7.73. The molecule has 0 fully saturated rings. The van der Waals surface area contributed by atoms with E-state index in [1.807, 2.05) is 6.07 Å². The number of benzene rings is 1. The summed E-state index contributed by atoms with van der Waals surface area (Å²) >= 11 is 0. The molecule has 0 unspecified atom stereocenters. The molecule has 0 heterocycles. The summed E-state index contributed by atoms with van der Waals surface area (Å²) in [6, 6.07) is 5.18. The summed E-state index contributed by atoms with van der Waals surface area (Å²) in [5.41, 5.74) is 7.19. The Morgan fingerprint density at radius 2 is 1.95 bits per heavy atom. The van der Waals surface area contributed by atoms with Crippen LogP contribution in [0.3, 0.4) is 0 Å². The van der Waals surface area contributed by atoms with E-state index in [4.69, 9.17) is 10.8 Å². The summed E-state index contributed by atoms with van der Waals surface area (Å²) in [5, 5.41) is 8.71. The number of hydrogen-bond donors (Lipinski definition) is 2. The number of sulfonamides is 1. The van der Waals surface area contributed by atoms with Crippen molar-refractivity contribution in [2.75, 3.05) is 20.2 Å². The number of aliphatic hydroxyl groups excluding tert-OH is 1. The SMILES string of the molecule is Cc1cc(CN)ccc1S(=O)(=O)N(C)CCCCCO. The summed E-state index contributed by atoms with van der Waals surface area (Å²) in [4.78, 5) is 0.333. The zero-order valence-electron chi connectivity index (χ0n) is 12.2. The molecule has 1 aromatic carbocycles. The lowest BCUT2D eigenvalue weighted by molar-refractivity contribution is 0.281. The molecule has 0 aliphatic heterocycles. The Morgan fingerprint density at radius 1 is 1.25 bits per heavy atom. The fraction of sp³-hybridized carbons (Fsp3) is 0.571. The maximum atomic E-state index is 12.5. The van der Waals surface area contributed by atoms with Crippen LogP contribution in [0.15, 0.2) is 23.1 Å². The van der Waals surface area contributed by atoms with E-state index in [2.05, 4.69) is 0 Å². The van der Waals surface area contributed by atoms with Crippen molar-refractivity contribution in [1.29, 1.82) is 0 Å². The van der Waals surface area contributed by atoms with Crippen LogP contribution in [0.25, 0.3) is 0 Å². The summed E-state index contributed by atoms with van der Waals surface area (Å²) in [6.07, 6.45) is 2.27. The fourth-order valence-corrected chi connectivity index (χ4v) is 3.45. The van der Waals surface area contributed by atoms with Crippen LogP contribution in [-0.4, -0.2) is 38.0 Å². The number of nitrogens with two attached hydrogens (primary N) is 1. The summed E-state index contributed by atoms with van der Waals surface area (Å²) in [7, 11) is -1.86. The normalized spacial score (nSPS) is 12.1. The van der Waals surface area contributed by atoms with E-state index in [0.717, 1.165) is 24.0 Å². The second-order valence-corrected chi connectivity index (χ2v) is 6.93. The van der Waals surface area contributed by atoms with Crippen LogP contribution in [-0.2, 0) is 16.6 Å². The van der Waals surface area contributed by atoms with Gasteiger partial charge in [-0.15, -0.1) is 0 Å². The topological polar surface area (TPSA) is 83.6 Å².